The predicted octanol–water partition coefficient (Wildman–Crippen LogP) is 0.775. The largest absolute Gasteiger partial charge is 0.481 e. The second-order valence-electron chi connectivity index (χ2n) is 4.87. The van der Waals surface area contributed by atoms with Crippen molar-refractivity contribution >= 4 is 12.0 Å². The second kappa shape index (κ2) is 7.20. The molecule has 1 aliphatic carbocycles. The third-order valence-electron chi connectivity index (χ3n) is 2.95. The Hall–Kier alpha value is -1.30. The fraction of sp³-hybridized carbons (Fsp3) is 0.833. The lowest BCUT2D eigenvalue weighted by Crippen LogP contribution is -2.41. The van der Waals surface area contributed by atoms with E-state index in [9.17, 15) is 9.59 Å². The van der Waals surface area contributed by atoms with Crippen molar-refractivity contribution in [2.75, 3.05) is 33.4 Å². The summed E-state index contributed by atoms with van der Waals surface area (Å²) in [4.78, 5) is 23.7. The first-order chi connectivity index (χ1) is 8.50. The summed E-state index contributed by atoms with van der Waals surface area (Å²) in [5, 5.41) is 11.3. The van der Waals surface area contributed by atoms with Gasteiger partial charge in [-0.3, -0.25) is 4.79 Å². The van der Waals surface area contributed by atoms with Crippen LogP contribution in [0.1, 0.15) is 19.8 Å². The molecule has 1 aliphatic rings. The van der Waals surface area contributed by atoms with Gasteiger partial charge in [0.15, 0.2) is 0 Å². The summed E-state index contributed by atoms with van der Waals surface area (Å²) in [5.41, 5.74) is 0. The molecule has 0 heterocycles. The van der Waals surface area contributed by atoms with E-state index in [4.69, 9.17) is 9.84 Å². The van der Waals surface area contributed by atoms with Crippen molar-refractivity contribution < 1.29 is 19.4 Å². The average molecular weight is 258 g/mol. The van der Waals surface area contributed by atoms with Crippen LogP contribution in [0.4, 0.5) is 4.79 Å². The molecular formula is C12H22N2O4. The zero-order chi connectivity index (χ0) is 13.5. The minimum absolute atomic E-state index is 0.140. The third-order valence-corrected chi connectivity index (χ3v) is 2.95. The highest BCUT2D eigenvalue weighted by Crippen LogP contribution is 2.28. The average Bonchev–Trinajstić information content (AvgIpc) is 3.14. The van der Waals surface area contributed by atoms with Crippen molar-refractivity contribution in [2.24, 2.45) is 11.8 Å². The van der Waals surface area contributed by atoms with Gasteiger partial charge in [0.05, 0.1) is 12.5 Å². The lowest BCUT2D eigenvalue weighted by atomic mass is 10.2. The second-order valence-corrected chi connectivity index (χ2v) is 4.87. The van der Waals surface area contributed by atoms with Gasteiger partial charge < -0.3 is 20.1 Å². The summed E-state index contributed by atoms with van der Waals surface area (Å²) >= 11 is 0. The number of hydrogen-bond donors (Lipinski definition) is 2. The number of carbonyl (C=O) groups is 2. The van der Waals surface area contributed by atoms with Gasteiger partial charge in [0.1, 0.15) is 0 Å². The number of nitrogens with one attached hydrogen (secondary N) is 1. The van der Waals surface area contributed by atoms with Crippen LogP contribution >= 0.6 is 0 Å². The van der Waals surface area contributed by atoms with Gasteiger partial charge in [0.2, 0.25) is 0 Å². The number of carboxylic acids is 1. The first-order valence-electron chi connectivity index (χ1n) is 6.30. The van der Waals surface area contributed by atoms with Crippen LogP contribution in [0.15, 0.2) is 0 Å². The molecular weight excluding hydrogens is 236 g/mol. The fourth-order valence-corrected chi connectivity index (χ4v) is 1.30. The normalized spacial score (nSPS) is 16.1. The smallest absolute Gasteiger partial charge is 0.317 e. The first kappa shape index (κ1) is 14.8. The summed E-state index contributed by atoms with van der Waals surface area (Å²) in [5.74, 6) is -0.764. The van der Waals surface area contributed by atoms with Crippen molar-refractivity contribution in [3.63, 3.8) is 0 Å². The van der Waals surface area contributed by atoms with E-state index in [0.29, 0.717) is 13.2 Å². The zero-order valence-corrected chi connectivity index (χ0v) is 11.0. The van der Waals surface area contributed by atoms with Crippen LogP contribution in [0.5, 0.6) is 0 Å². The minimum atomic E-state index is -0.911. The van der Waals surface area contributed by atoms with Crippen molar-refractivity contribution in [2.45, 2.75) is 19.8 Å². The molecule has 6 nitrogen and oxygen atoms in total. The zero-order valence-electron chi connectivity index (χ0n) is 11.0. The van der Waals surface area contributed by atoms with Crippen LogP contribution in [0.2, 0.25) is 0 Å². The van der Waals surface area contributed by atoms with E-state index in [-0.39, 0.29) is 12.6 Å². The fourth-order valence-electron chi connectivity index (χ4n) is 1.30. The van der Waals surface area contributed by atoms with Crippen LogP contribution in [-0.2, 0) is 9.53 Å². The number of likely N-dealkylation sites (N-methyl/N-ethyl adjacent to an activating group) is 1. The Bertz CT molecular complexity index is 292. The number of ether oxygens (including phenoxy) is 1. The maximum Gasteiger partial charge on any atom is 0.317 e. The molecule has 0 saturated heterocycles. The molecule has 0 aromatic rings. The molecule has 0 radical (unpaired) electrons. The number of hydrogen-bond acceptors (Lipinski definition) is 3. The van der Waals surface area contributed by atoms with Crippen molar-refractivity contribution in [1.82, 2.24) is 10.2 Å². The van der Waals surface area contributed by atoms with E-state index in [1.165, 1.54) is 17.7 Å². The molecule has 2 N–H and O–H groups in total. The molecule has 0 bridgehead atoms. The standard InChI is InChI=1S/C12H22N2O4/c1-9(11(15)16)7-13-12(17)14(2)5-6-18-8-10-3-4-10/h9-10H,3-8H2,1-2H3,(H,13,17)(H,15,16). The molecule has 1 unspecified atom stereocenters. The van der Waals surface area contributed by atoms with Crippen LogP contribution in [0, 0.1) is 11.8 Å². The lowest BCUT2D eigenvalue weighted by Gasteiger charge is -2.18. The SMILES string of the molecule is CC(CNC(=O)N(C)CCOCC1CC1)C(=O)O. The first-order valence-corrected chi connectivity index (χ1v) is 6.30. The minimum Gasteiger partial charge on any atom is -0.481 e. The van der Waals surface area contributed by atoms with Gasteiger partial charge in [-0.25, -0.2) is 4.79 Å². The van der Waals surface area contributed by atoms with Gasteiger partial charge in [0.25, 0.3) is 0 Å². The molecule has 1 fully saturated rings. The number of aliphatic carboxylic acids is 1. The van der Waals surface area contributed by atoms with E-state index >= 15 is 0 Å². The quantitative estimate of drug-likeness (QED) is 0.630. The highest BCUT2D eigenvalue weighted by Gasteiger charge is 2.21. The van der Waals surface area contributed by atoms with E-state index in [0.717, 1.165) is 12.5 Å². The Morgan fingerprint density at radius 1 is 1.50 bits per heavy atom. The molecule has 0 aromatic heterocycles. The van der Waals surface area contributed by atoms with Crippen LogP contribution in [-0.4, -0.2) is 55.4 Å². The van der Waals surface area contributed by atoms with Gasteiger partial charge >= 0.3 is 12.0 Å². The Kier molecular flexibility index (Phi) is 5.91. The topological polar surface area (TPSA) is 78.9 Å². The molecule has 18 heavy (non-hydrogen) atoms. The van der Waals surface area contributed by atoms with E-state index in [1.54, 1.807) is 14.0 Å². The molecule has 1 rings (SSSR count). The van der Waals surface area contributed by atoms with Gasteiger partial charge in [0, 0.05) is 26.7 Å². The monoisotopic (exact) mass is 258 g/mol. The van der Waals surface area contributed by atoms with Gasteiger partial charge in [-0.05, 0) is 18.8 Å². The van der Waals surface area contributed by atoms with Crippen LogP contribution in [0.3, 0.4) is 0 Å². The van der Waals surface area contributed by atoms with Gasteiger partial charge in [-0.1, -0.05) is 6.92 Å². The summed E-state index contributed by atoms with van der Waals surface area (Å²) in [6.07, 6.45) is 2.51. The van der Waals surface area contributed by atoms with E-state index in [1.807, 2.05) is 0 Å². The van der Waals surface area contributed by atoms with Crippen molar-refractivity contribution in [3.05, 3.63) is 0 Å². The van der Waals surface area contributed by atoms with Crippen LogP contribution in [0.25, 0.3) is 0 Å². The molecule has 6 heteroatoms. The summed E-state index contributed by atoms with van der Waals surface area (Å²) < 4.78 is 5.43. The molecule has 0 aromatic carbocycles. The Morgan fingerprint density at radius 3 is 2.72 bits per heavy atom. The summed E-state index contributed by atoms with van der Waals surface area (Å²) in [6.45, 7) is 3.52. The van der Waals surface area contributed by atoms with Crippen molar-refractivity contribution in [3.8, 4) is 0 Å². The van der Waals surface area contributed by atoms with Crippen molar-refractivity contribution in [1.29, 1.82) is 0 Å². The van der Waals surface area contributed by atoms with Gasteiger partial charge in [-0.2, -0.15) is 0 Å². The number of carboxylic acid groups (broad SMARTS) is 1. The maximum absolute atomic E-state index is 11.6. The highest BCUT2D eigenvalue weighted by molar-refractivity contribution is 5.75. The molecule has 1 saturated carbocycles. The highest BCUT2D eigenvalue weighted by atomic mass is 16.5. The van der Waals surface area contributed by atoms with E-state index in [2.05, 4.69) is 5.32 Å². The predicted molar refractivity (Wildman–Crippen MR) is 66.4 cm³/mol. The molecule has 104 valence electrons. The number of nitrogens with zero attached hydrogens (tertiary/aromatic N) is 1. The summed E-state index contributed by atoms with van der Waals surface area (Å²) in [6, 6.07) is -0.266. The maximum atomic E-state index is 11.6. The number of urea groups is 1. The molecule has 0 spiro atoms. The molecule has 0 aliphatic heterocycles. The number of carbonyl (C=O) groups excluding carboxylic acids is 1. The molecule has 1 atom stereocenters. The van der Waals surface area contributed by atoms with Crippen LogP contribution < -0.4 is 5.32 Å². The Labute approximate surface area is 107 Å². The lowest BCUT2D eigenvalue weighted by molar-refractivity contribution is -0.140. The summed E-state index contributed by atoms with van der Waals surface area (Å²) in [7, 11) is 1.67. The Morgan fingerprint density at radius 2 is 2.17 bits per heavy atom. The number of amides is 2. The van der Waals surface area contributed by atoms with E-state index < -0.39 is 11.9 Å². The van der Waals surface area contributed by atoms with Gasteiger partial charge in [-0.15, -0.1) is 0 Å². The number of rotatable bonds is 8. The third kappa shape index (κ3) is 5.86. The molecule has 2 amide bonds. The Balaban J connectivity index is 2.05.